The van der Waals surface area contributed by atoms with Crippen LogP contribution in [0.2, 0.25) is 5.02 Å². The molecule has 1 aliphatic rings. The third-order valence-corrected chi connectivity index (χ3v) is 7.75. The van der Waals surface area contributed by atoms with Crippen LogP contribution in [0.15, 0.2) is 46.2 Å². The molecular weight excluding hydrogens is 464 g/mol. The fraction of sp³-hybridized carbons (Fsp3) is 0.304. The maximum absolute atomic E-state index is 13.8. The van der Waals surface area contributed by atoms with Crippen LogP contribution in [0.5, 0.6) is 0 Å². The Morgan fingerprint density at radius 2 is 1.88 bits per heavy atom. The van der Waals surface area contributed by atoms with Crippen LogP contribution in [0, 0.1) is 13.8 Å². The minimum Gasteiger partial charge on any atom is -0.369 e. The van der Waals surface area contributed by atoms with Gasteiger partial charge in [0.05, 0.1) is 11.4 Å². The van der Waals surface area contributed by atoms with E-state index in [9.17, 15) is 18.0 Å². The Hall–Kier alpha value is -2.88. The van der Waals surface area contributed by atoms with Crippen LogP contribution in [-0.4, -0.2) is 55.8 Å². The van der Waals surface area contributed by atoms with Crippen LogP contribution in [0.25, 0.3) is 10.9 Å². The smallest absolute Gasteiger partial charge is 0.269 e. The standard InChI is InChI=1S/C23H25ClN4O4S/c1-13-7-14(2)9-17(8-13)33(31,32)22-18-10-15(24)3-4-19(18)27-21(22)23(30)26-16-5-6-28(11-16)12-20(25)29/h3-4,7-10,16,27H,5-6,11-12H2,1-2H3,(H2,25,29)(H,26,30)/t16-/m1/s1. The number of rotatable bonds is 6. The number of halogens is 1. The maximum Gasteiger partial charge on any atom is 0.269 e. The van der Waals surface area contributed by atoms with Crippen molar-refractivity contribution >= 4 is 44.2 Å². The number of H-pyrrole nitrogens is 1. The first-order valence-corrected chi connectivity index (χ1v) is 12.4. The largest absolute Gasteiger partial charge is 0.369 e. The van der Waals surface area contributed by atoms with Crippen LogP contribution < -0.4 is 11.1 Å². The van der Waals surface area contributed by atoms with Crippen molar-refractivity contribution in [2.45, 2.75) is 36.1 Å². The van der Waals surface area contributed by atoms with Crippen molar-refractivity contribution in [2.24, 2.45) is 5.73 Å². The predicted octanol–water partition coefficient (Wildman–Crippen LogP) is 2.56. The Balaban J connectivity index is 1.76. The highest BCUT2D eigenvalue weighted by atomic mass is 35.5. The molecule has 1 fully saturated rings. The number of fused-ring (bicyclic) bond motifs is 1. The molecule has 8 nitrogen and oxygen atoms in total. The lowest BCUT2D eigenvalue weighted by molar-refractivity contribution is -0.118. The van der Waals surface area contributed by atoms with E-state index in [2.05, 4.69) is 10.3 Å². The molecule has 10 heteroatoms. The van der Waals surface area contributed by atoms with Crippen LogP contribution in [-0.2, 0) is 14.6 Å². The van der Waals surface area contributed by atoms with Crippen LogP contribution >= 0.6 is 11.6 Å². The zero-order valence-electron chi connectivity index (χ0n) is 18.3. The van der Waals surface area contributed by atoms with Crippen molar-refractivity contribution in [3.8, 4) is 0 Å². The van der Waals surface area contributed by atoms with E-state index in [1.54, 1.807) is 30.3 Å². The summed E-state index contributed by atoms with van der Waals surface area (Å²) in [5.41, 5.74) is 7.32. The highest BCUT2D eigenvalue weighted by molar-refractivity contribution is 7.91. The number of carbonyl (C=O) groups is 2. The van der Waals surface area contributed by atoms with Gasteiger partial charge in [0.2, 0.25) is 15.7 Å². The number of likely N-dealkylation sites (tertiary alicyclic amines) is 1. The van der Waals surface area contributed by atoms with Crippen molar-refractivity contribution in [1.82, 2.24) is 15.2 Å². The van der Waals surface area contributed by atoms with Gasteiger partial charge >= 0.3 is 0 Å². The van der Waals surface area contributed by atoms with E-state index < -0.39 is 21.7 Å². The SMILES string of the molecule is Cc1cc(C)cc(S(=O)(=O)c2c(C(=O)N[C@@H]3CCN(CC(N)=O)C3)[nH]c3ccc(Cl)cc23)c1. The number of amides is 2. The van der Waals surface area contributed by atoms with E-state index in [-0.39, 0.29) is 28.1 Å². The Labute approximate surface area is 197 Å². The van der Waals surface area contributed by atoms with E-state index >= 15 is 0 Å². The Morgan fingerprint density at radius 3 is 2.55 bits per heavy atom. The highest BCUT2D eigenvalue weighted by Crippen LogP contribution is 2.34. The first-order chi connectivity index (χ1) is 15.5. The molecule has 0 aliphatic carbocycles. The van der Waals surface area contributed by atoms with E-state index in [0.717, 1.165) is 11.1 Å². The van der Waals surface area contributed by atoms with Gasteiger partial charge in [-0.3, -0.25) is 14.5 Å². The number of aromatic nitrogens is 1. The summed E-state index contributed by atoms with van der Waals surface area (Å²) in [5.74, 6) is -0.965. The number of primary amides is 1. The van der Waals surface area contributed by atoms with E-state index in [1.165, 1.54) is 0 Å². The molecule has 0 saturated carbocycles. The number of aromatic amines is 1. The average Bonchev–Trinajstić information content (AvgIpc) is 3.30. The molecule has 33 heavy (non-hydrogen) atoms. The zero-order valence-corrected chi connectivity index (χ0v) is 19.9. The van der Waals surface area contributed by atoms with Gasteiger partial charge in [-0.15, -0.1) is 0 Å². The third-order valence-electron chi connectivity index (χ3n) is 5.70. The molecule has 0 bridgehead atoms. The number of nitrogens with two attached hydrogens (primary N) is 1. The summed E-state index contributed by atoms with van der Waals surface area (Å²) in [6.07, 6.45) is 0.629. The average molecular weight is 489 g/mol. The fourth-order valence-corrected chi connectivity index (χ4v) is 6.32. The Bertz CT molecular complexity index is 1350. The maximum atomic E-state index is 13.8. The summed E-state index contributed by atoms with van der Waals surface area (Å²) in [5, 5.41) is 3.62. The fourth-order valence-electron chi connectivity index (χ4n) is 4.36. The molecule has 3 aromatic rings. The number of sulfone groups is 1. The second-order valence-corrected chi connectivity index (χ2v) is 10.8. The molecule has 4 N–H and O–H groups in total. The van der Waals surface area contributed by atoms with Gasteiger partial charge in [-0.05, 0) is 61.7 Å². The van der Waals surface area contributed by atoms with Crippen LogP contribution in [0.1, 0.15) is 28.0 Å². The minimum absolute atomic E-state index is 0.0419. The van der Waals surface area contributed by atoms with E-state index in [0.29, 0.717) is 35.4 Å². The summed E-state index contributed by atoms with van der Waals surface area (Å²) >= 11 is 6.17. The number of benzene rings is 2. The summed E-state index contributed by atoms with van der Waals surface area (Å²) < 4.78 is 27.5. The molecule has 2 heterocycles. The second kappa shape index (κ2) is 8.81. The molecule has 0 spiro atoms. The second-order valence-electron chi connectivity index (χ2n) is 8.51. The Kier molecular flexibility index (Phi) is 6.22. The van der Waals surface area contributed by atoms with E-state index in [4.69, 9.17) is 17.3 Å². The molecule has 0 unspecified atom stereocenters. The van der Waals surface area contributed by atoms with Crippen molar-refractivity contribution in [1.29, 1.82) is 0 Å². The molecule has 2 aromatic carbocycles. The van der Waals surface area contributed by atoms with Crippen molar-refractivity contribution < 1.29 is 18.0 Å². The van der Waals surface area contributed by atoms with Gasteiger partial charge in [-0.1, -0.05) is 17.7 Å². The molecule has 1 saturated heterocycles. The lowest BCUT2D eigenvalue weighted by Gasteiger charge is -2.15. The number of nitrogens with zero attached hydrogens (tertiary/aromatic N) is 1. The number of aryl methyl sites for hydroxylation is 2. The van der Waals surface area contributed by atoms with Crippen molar-refractivity contribution in [2.75, 3.05) is 19.6 Å². The molecular formula is C23H25ClN4O4S. The van der Waals surface area contributed by atoms with Gasteiger partial charge in [0, 0.05) is 35.1 Å². The molecule has 0 radical (unpaired) electrons. The monoisotopic (exact) mass is 488 g/mol. The quantitative estimate of drug-likeness (QED) is 0.491. The van der Waals surface area contributed by atoms with Crippen molar-refractivity contribution in [3.05, 3.63) is 58.2 Å². The highest BCUT2D eigenvalue weighted by Gasteiger charge is 2.32. The van der Waals surface area contributed by atoms with Gasteiger partial charge in [0.1, 0.15) is 10.6 Å². The lowest BCUT2D eigenvalue weighted by atomic mass is 10.2. The van der Waals surface area contributed by atoms with Crippen LogP contribution in [0.3, 0.4) is 0 Å². The molecule has 1 atom stereocenters. The minimum atomic E-state index is -4.04. The summed E-state index contributed by atoms with van der Waals surface area (Å²) in [4.78, 5) is 29.3. The number of hydrogen-bond donors (Lipinski definition) is 3. The topological polar surface area (TPSA) is 125 Å². The molecule has 2 amide bonds. The number of nitrogens with one attached hydrogen (secondary N) is 2. The summed E-state index contributed by atoms with van der Waals surface area (Å²) in [7, 11) is -4.04. The zero-order chi connectivity index (χ0) is 23.9. The third kappa shape index (κ3) is 4.75. The molecule has 1 aromatic heterocycles. The molecule has 1 aliphatic heterocycles. The van der Waals surface area contributed by atoms with E-state index in [1.807, 2.05) is 24.8 Å². The van der Waals surface area contributed by atoms with Gasteiger partial charge in [-0.2, -0.15) is 0 Å². The van der Waals surface area contributed by atoms with Gasteiger partial charge in [-0.25, -0.2) is 8.42 Å². The first kappa shape index (κ1) is 23.3. The van der Waals surface area contributed by atoms with Gasteiger partial charge in [0.25, 0.3) is 5.91 Å². The lowest BCUT2D eigenvalue weighted by Crippen LogP contribution is -2.39. The van der Waals surface area contributed by atoms with Gasteiger partial charge in [0.15, 0.2) is 0 Å². The van der Waals surface area contributed by atoms with Crippen molar-refractivity contribution in [3.63, 3.8) is 0 Å². The summed E-state index contributed by atoms with van der Waals surface area (Å²) in [6.45, 7) is 4.83. The van der Waals surface area contributed by atoms with Crippen LogP contribution in [0.4, 0.5) is 0 Å². The normalized spacial score (nSPS) is 16.9. The molecule has 174 valence electrons. The Morgan fingerprint density at radius 1 is 1.18 bits per heavy atom. The van der Waals surface area contributed by atoms with Gasteiger partial charge < -0.3 is 16.0 Å². The number of carbonyl (C=O) groups excluding carboxylic acids is 2. The predicted molar refractivity (Wildman–Crippen MR) is 126 cm³/mol. The molecule has 4 rings (SSSR count). The first-order valence-electron chi connectivity index (χ1n) is 10.5. The number of hydrogen-bond acceptors (Lipinski definition) is 5. The summed E-state index contributed by atoms with van der Waals surface area (Å²) in [6, 6.07) is 9.66.